The van der Waals surface area contributed by atoms with Crippen LogP contribution in [-0.4, -0.2) is 38.6 Å². The second-order valence-corrected chi connectivity index (χ2v) is 14.8. The van der Waals surface area contributed by atoms with E-state index in [2.05, 4.69) is 69.2 Å². The highest BCUT2D eigenvalue weighted by atomic mass is 16.5. The molecule has 2 rings (SSSR count). The van der Waals surface area contributed by atoms with Gasteiger partial charge in [0.1, 0.15) is 0 Å². The van der Waals surface area contributed by atoms with Gasteiger partial charge in [-0.1, -0.05) is 82.1 Å². The maximum absolute atomic E-state index is 6.52. The van der Waals surface area contributed by atoms with Crippen LogP contribution in [0.5, 0.6) is 0 Å². The average Bonchev–Trinajstić information content (AvgIpc) is 2.81. The van der Waals surface area contributed by atoms with E-state index in [-0.39, 0.29) is 0 Å². The van der Waals surface area contributed by atoms with E-state index < -0.39 is 0 Å². The van der Waals surface area contributed by atoms with Crippen LogP contribution in [0, 0.1) is 59.2 Å². The molecule has 2 aliphatic carbocycles. The van der Waals surface area contributed by atoms with Crippen LogP contribution >= 0.6 is 0 Å². The molecule has 3 heteroatoms. The van der Waals surface area contributed by atoms with E-state index in [0.29, 0.717) is 35.9 Å². The third-order valence-electron chi connectivity index (χ3n) is 9.53. The van der Waals surface area contributed by atoms with Crippen molar-refractivity contribution < 1.29 is 14.2 Å². The van der Waals surface area contributed by atoms with Crippen molar-refractivity contribution in [2.75, 3.05) is 26.4 Å². The Bertz CT molecular complexity index is 540. The summed E-state index contributed by atoms with van der Waals surface area (Å²) in [7, 11) is 0. The van der Waals surface area contributed by atoms with Gasteiger partial charge in [-0.25, -0.2) is 0 Å². The van der Waals surface area contributed by atoms with Crippen LogP contribution in [0.1, 0.15) is 121 Å². The van der Waals surface area contributed by atoms with Crippen LogP contribution in [0.25, 0.3) is 0 Å². The van der Waals surface area contributed by atoms with E-state index in [4.69, 9.17) is 14.2 Å². The molecule has 0 aliphatic heterocycles. The van der Waals surface area contributed by atoms with Crippen molar-refractivity contribution in [3.8, 4) is 0 Å². The van der Waals surface area contributed by atoms with Gasteiger partial charge in [-0.2, -0.15) is 0 Å². The molecule has 0 spiro atoms. The van der Waals surface area contributed by atoms with Gasteiger partial charge in [-0.15, -0.1) is 0 Å². The highest BCUT2D eigenvalue weighted by Crippen LogP contribution is 2.37. The summed E-state index contributed by atoms with van der Waals surface area (Å²) in [6.45, 7) is 27.2. The molecular weight excluding hydrogens is 456 g/mol. The van der Waals surface area contributed by atoms with Crippen molar-refractivity contribution in [1.29, 1.82) is 0 Å². The second-order valence-electron chi connectivity index (χ2n) is 14.8. The lowest BCUT2D eigenvalue weighted by Crippen LogP contribution is -2.35. The van der Waals surface area contributed by atoms with E-state index in [1.54, 1.807) is 0 Å². The predicted octanol–water partition coefficient (Wildman–Crippen LogP) is 9.28. The van der Waals surface area contributed by atoms with Gasteiger partial charge < -0.3 is 14.2 Å². The molecule has 0 aromatic rings. The van der Waals surface area contributed by atoms with Crippen LogP contribution in [0.15, 0.2) is 0 Å². The quantitative estimate of drug-likeness (QED) is 0.202. The number of hydrogen-bond donors (Lipinski definition) is 0. The fraction of sp³-hybridized carbons (Fsp3) is 1.00. The zero-order chi connectivity index (χ0) is 27.5. The van der Waals surface area contributed by atoms with Gasteiger partial charge in [-0.05, 0) is 97.7 Å². The lowest BCUT2D eigenvalue weighted by molar-refractivity contribution is -0.0541. The first-order chi connectivity index (χ1) is 17.5. The summed E-state index contributed by atoms with van der Waals surface area (Å²) >= 11 is 0. The lowest BCUT2D eigenvalue weighted by Gasteiger charge is -2.37. The Morgan fingerprint density at radius 2 is 0.865 bits per heavy atom. The molecule has 0 aromatic heterocycles. The highest BCUT2D eigenvalue weighted by Gasteiger charge is 2.32. The molecule has 3 nitrogen and oxygen atoms in total. The summed E-state index contributed by atoms with van der Waals surface area (Å²) in [4.78, 5) is 0. The zero-order valence-electron chi connectivity index (χ0n) is 26.6. The fourth-order valence-corrected chi connectivity index (χ4v) is 7.30. The van der Waals surface area contributed by atoms with E-state index >= 15 is 0 Å². The molecule has 0 radical (unpaired) electrons. The number of ether oxygens (including phenoxy) is 3. The Balaban J connectivity index is 1.60. The van der Waals surface area contributed by atoms with E-state index in [9.17, 15) is 0 Å². The van der Waals surface area contributed by atoms with E-state index in [0.717, 1.165) is 61.9 Å². The molecule has 10 unspecified atom stereocenters. The molecule has 2 saturated carbocycles. The van der Waals surface area contributed by atoms with Crippen molar-refractivity contribution in [3.63, 3.8) is 0 Å². The molecule has 0 aromatic carbocycles. The van der Waals surface area contributed by atoms with Gasteiger partial charge in [0.05, 0.1) is 12.2 Å². The average molecular weight is 523 g/mol. The summed E-state index contributed by atoms with van der Waals surface area (Å²) in [5, 5.41) is 0. The van der Waals surface area contributed by atoms with E-state index in [1.165, 1.54) is 51.4 Å². The summed E-state index contributed by atoms with van der Waals surface area (Å²) in [6, 6.07) is 0. The third kappa shape index (κ3) is 12.3. The normalized spacial score (nSPS) is 32.4. The lowest BCUT2D eigenvalue weighted by atomic mass is 9.75. The van der Waals surface area contributed by atoms with Crippen molar-refractivity contribution in [3.05, 3.63) is 0 Å². The van der Waals surface area contributed by atoms with Crippen LogP contribution in [0.4, 0.5) is 0 Å². The Kier molecular flexibility index (Phi) is 15.1. The molecule has 220 valence electrons. The molecular formula is C34H66O3. The van der Waals surface area contributed by atoms with Crippen LogP contribution < -0.4 is 0 Å². The van der Waals surface area contributed by atoms with Gasteiger partial charge in [0.2, 0.25) is 0 Å². The largest absolute Gasteiger partial charge is 0.381 e. The van der Waals surface area contributed by atoms with Crippen molar-refractivity contribution in [2.45, 2.75) is 133 Å². The van der Waals surface area contributed by atoms with Gasteiger partial charge in [0, 0.05) is 26.4 Å². The van der Waals surface area contributed by atoms with Gasteiger partial charge >= 0.3 is 0 Å². The highest BCUT2D eigenvalue weighted by molar-refractivity contribution is 4.82. The first kappa shape index (κ1) is 33.1. The van der Waals surface area contributed by atoms with Gasteiger partial charge in [0.15, 0.2) is 0 Å². The van der Waals surface area contributed by atoms with Crippen molar-refractivity contribution in [1.82, 2.24) is 0 Å². The standard InChI is InChI=1S/C34H66O3/c1-23(2)31-13-11-25(5)17-33(31)36-21-29(9)15-27(7)19-35-20-28(8)16-30(10)22-37-34-18-26(6)12-14-32(34)24(3)4/h23-34H,11-22H2,1-10H3. The minimum atomic E-state index is 0.461. The second kappa shape index (κ2) is 16.9. The van der Waals surface area contributed by atoms with Crippen LogP contribution in [-0.2, 0) is 14.2 Å². The van der Waals surface area contributed by atoms with E-state index in [1.807, 2.05) is 0 Å². The molecule has 10 atom stereocenters. The van der Waals surface area contributed by atoms with Crippen LogP contribution in [0.2, 0.25) is 0 Å². The Morgan fingerprint density at radius 1 is 0.514 bits per heavy atom. The Labute approximate surface area is 232 Å². The Hall–Kier alpha value is -0.120. The predicted molar refractivity (Wildman–Crippen MR) is 159 cm³/mol. The number of rotatable bonds is 16. The topological polar surface area (TPSA) is 27.7 Å². The first-order valence-corrected chi connectivity index (χ1v) is 16.3. The van der Waals surface area contributed by atoms with Gasteiger partial charge in [-0.3, -0.25) is 0 Å². The summed E-state index contributed by atoms with van der Waals surface area (Å²) in [5.74, 6) is 6.90. The van der Waals surface area contributed by atoms with Crippen molar-refractivity contribution >= 4 is 0 Å². The molecule has 2 fully saturated rings. The molecule has 0 amide bonds. The minimum absolute atomic E-state index is 0.461. The minimum Gasteiger partial charge on any atom is -0.381 e. The summed E-state index contributed by atoms with van der Waals surface area (Å²) in [5.41, 5.74) is 0. The smallest absolute Gasteiger partial charge is 0.0608 e. The Morgan fingerprint density at radius 3 is 1.22 bits per heavy atom. The zero-order valence-corrected chi connectivity index (χ0v) is 26.6. The summed E-state index contributed by atoms with van der Waals surface area (Å²) in [6.07, 6.45) is 11.2. The monoisotopic (exact) mass is 523 g/mol. The van der Waals surface area contributed by atoms with Gasteiger partial charge in [0.25, 0.3) is 0 Å². The van der Waals surface area contributed by atoms with Crippen LogP contribution in [0.3, 0.4) is 0 Å². The first-order valence-electron chi connectivity index (χ1n) is 16.3. The third-order valence-corrected chi connectivity index (χ3v) is 9.53. The molecule has 0 N–H and O–H groups in total. The molecule has 2 aliphatic rings. The molecule has 0 bridgehead atoms. The maximum Gasteiger partial charge on any atom is 0.0608 e. The fourth-order valence-electron chi connectivity index (χ4n) is 7.30. The SMILES string of the molecule is CC(COCC(C)CC(C)COC1CC(C)CCC1C(C)C)CC(C)COC1CC(C)CCC1C(C)C. The molecule has 0 saturated heterocycles. The molecule has 0 heterocycles. The van der Waals surface area contributed by atoms with Crippen molar-refractivity contribution in [2.24, 2.45) is 59.2 Å². The maximum atomic E-state index is 6.52. The number of hydrogen-bond acceptors (Lipinski definition) is 3. The summed E-state index contributed by atoms with van der Waals surface area (Å²) < 4.78 is 19.2. The molecule has 37 heavy (non-hydrogen) atoms.